The van der Waals surface area contributed by atoms with Gasteiger partial charge in [0.1, 0.15) is 0 Å². The van der Waals surface area contributed by atoms with Crippen molar-refractivity contribution in [1.29, 1.82) is 0 Å². The Bertz CT molecular complexity index is 478. The highest BCUT2D eigenvalue weighted by Gasteiger charge is 2.24. The number of rotatable bonds is 7. The first-order valence-electron chi connectivity index (χ1n) is 6.35. The number of benzene rings is 1. The SMILES string of the molecule is CCOP(=O)(Cc1ccc(N(C)C(=O)O)cc1)OCC. The van der Waals surface area contributed by atoms with E-state index in [0.29, 0.717) is 18.9 Å². The lowest BCUT2D eigenvalue weighted by molar-refractivity contribution is 0.203. The van der Waals surface area contributed by atoms with E-state index < -0.39 is 13.7 Å². The summed E-state index contributed by atoms with van der Waals surface area (Å²) in [5.74, 6) is 0. The van der Waals surface area contributed by atoms with Gasteiger partial charge in [-0.15, -0.1) is 0 Å². The van der Waals surface area contributed by atoms with Crippen LogP contribution in [0.5, 0.6) is 0 Å². The highest BCUT2D eigenvalue weighted by atomic mass is 31.2. The van der Waals surface area contributed by atoms with Gasteiger partial charge in [-0.2, -0.15) is 0 Å². The van der Waals surface area contributed by atoms with Crippen LogP contribution in [0.3, 0.4) is 0 Å². The minimum absolute atomic E-state index is 0.172. The zero-order valence-corrected chi connectivity index (χ0v) is 12.8. The van der Waals surface area contributed by atoms with E-state index in [4.69, 9.17) is 14.2 Å². The number of hydrogen-bond donors (Lipinski definition) is 1. The molecule has 0 saturated carbocycles. The zero-order valence-electron chi connectivity index (χ0n) is 11.9. The minimum atomic E-state index is -3.13. The first-order chi connectivity index (χ1) is 9.41. The Hall–Kier alpha value is -1.36. The molecule has 1 N–H and O–H groups in total. The summed E-state index contributed by atoms with van der Waals surface area (Å²) in [5, 5.41) is 8.87. The first-order valence-corrected chi connectivity index (χ1v) is 8.08. The second-order valence-electron chi connectivity index (χ2n) is 4.11. The normalized spacial score (nSPS) is 11.3. The summed E-state index contributed by atoms with van der Waals surface area (Å²) in [6, 6.07) is 6.76. The van der Waals surface area contributed by atoms with Crippen LogP contribution < -0.4 is 4.90 Å². The van der Waals surface area contributed by atoms with Crippen molar-refractivity contribution in [3.05, 3.63) is 29.8 Å². The van der Waals surface area contributed by atoms with Crippen LogP contribution in [0.1, 0.15) is 19.4 Å². The molecule has 0 aliphatic heterocycles. The highest BCUT2D eigenvalue weighted by Crippen LogP contribution is 2.51. The van der Waals surface area contributed by atoms with Crippen LogP contribution in [0.15, 0.2) is 24.3 Å². The van der Waals surface area contributed by atoms with Crippen molar-refractivity contribution in [2.24, 2.45) is 0 Å². The van der Waals surface area contributed by atoms with Gasteiger partial charge in [-0.25, -0.2) is 4.79 Å². The van der Waals surface area contributed by atoms with Crippen LogP contribution in [0.25, 0.3) is 0 Å². The number of carbonyl (C=O) groups is 1. The number of nitrogens with zero attached hydrogens (tertiary/aromatic N) is 1. The molecule has 1 rings (SSSR count). The second-order valence-corrected chi connectivity index (χ2v) is 6.17. The highest BCUT2D eigenvalue weighted by molar-refractivity contribution is 7.53. The Morgan fingerprint density at radius 1 is 1.20 bits per heavy atom. The molecule has 0 bridgehead atoms. The smallest absolute Gasteiger partial charge is 0.411 e. The maximum atomic E-state index is 12.4. The fourth-order valence-electron chi connectivity index (χ4n) is 1.68. The third-order valence-corrected chi connectivity index (χ3v) is 4.69. The van der Waals surface area contributed by atoms with E-state index in [9.17, 15) is 9.36 Å². The van der Waals surface area contributed by atoms with Crippen molar-refractivity contribution in [2.75, 3.05) is 25.2 Å². The molecule has 0 aromatic heterocycles. The molecule has 1 aromatic carbocycles. The average molecular weight is 301 g/mol. The van der Waals surface area contributed by atoms with E-state index in [-0.39, 0.29) is 6.16 Å². The number of carboxylic acid groups (broad SMARTS) is 1. The molecule has 0 saturated heterocycles. The van der Waals surface area contributed by atoms with Crippen LogP contribution in [0.4, 0.5) is 10.5 Å². The molecule has 7 heteroatoms. The Morgan fingerprint density at radius 2 is 1.70 bits per heavy atom. The monoisotopic (exact) mass is 301 g/mol. The van der Waals surface area contributed by atoms with E-state index in [1.165, 1.54) is 7.05 Å². The van der Waals surface area contributed by atoms with Crippen LogP contribution in [0.2, 0.25) is 0 Å². The largest absolute Gasteiger partial charge is 0.465 e. The molecule has 6 nitrogen and oxygen atoms in total. The maximum Gasteiger partial charge on any atom is 0.411 e. The summed E-state index contributed by atoms with van der Waals surface area (Å²) in [4.78, 5) is 11.9. The zero-order chi connectivity index (χ0) is 15.2. The fourth-order valence-corrected chi connectivity index (χ4v) is 3.38. The van der Waals surface area contributed by atoms with Gasteiger partial charge in [-0.3, -0.25) is 9.46 Å². The summed E-state index contributed by atoms with van der Waals surface area (Å²) in [5.41, 5.74) is 1.32. The van der Waals surface area contributed by atoms with Gasteiger partial charge in [0, 0.05) is 12.7 Å². The molecular formula is C13H20NO5P. The number of hydrogen-bond acceptors (Lipinski definition) is 4. The van der Waals surface area contributed by atoms with Crippen molar-refractivity contribution in [3.63, 3.8) is 0 Å². The molecule has 112 valence electrons. The van der Waals surface area contributed by atoms with E-state index >= 15 is 0 Å². The van der Waals surface area contributed by atoms with E-state index in [0.717, 1.165) is 10.5 Å². The lowest BCUT2D eigenvalue weighted by Crippen LogP contribution is -2.23. The van der Waals surface area contributed by atoms with E-state index in [2.05, 4.69) is 0 Å². The molecule has 1 amide bonds. The van der Waals surface area contributed by atoms with Gasteiger partial charge in [0.25, 0.3) is 0 Å². The second kappa shape index (κ2) is 7.43. The predicted molar refractivity (Wildman–Crippen MR) is 77.4 cm³/mol. The van der Waals surface area contributed by atoms with Crippen LogP contribution in [-0.4, -0.2) is 31.5 Å². The van der Waals surface area contributed by atoms with Crippen molar-refractivity contribution in [1.82, 2.24) is 0 Å². The Kier molecular flexibility index (Phi) is 6.20. The summed E-state index contributed by atoms with van der Waals surface area (Å²) in [6.45, 7) is 4.15. The molecule has 0 radical (unpaired) electrons. The molecule has 0 aliphatic rings. The molecule has 0 unspecified atom stereocenters. The van der Waals surface area contributed by atoms with E-state index in [1.807, 2.05) is 0 Å². The molecule has 20 heavy (non-hydrogen) atoms. The van der Waals surface area contributed by atoms with Gasteiger partial charge in [-0.05, 0) is 31.5 Å². The first kappa shape index (κ1) is 16.7. The van der Waals surface area contributed by atoms with Gasteiger partial charge in [0.15, 0.2) is 0 Å². The summed E-state index contributed by atoms with van der Waals surface area (Å²) in [6.07, 6.45) is -0.863. The van der Waals surface area contributed by atoms with Crippen molar-refractivity contribution in [2.45, 2.75) is 20.0 Å². The standard InChI is InChI=1S/C13H20NO5P/c1-4-18-20(17,19-5-2)10-11-6-8-12(9-7-11)14(3)13(15)16/h6-9H,4-5,10H2,1-3H3,(H,15,16). The summed E-state index contributed by atoms with van der Waals surface area (Å²) >= 11 is 0. The third-order valence-electron chi connectivity index (χ3n) is 2.64. The van der Waals surface area contributed by atoms with Gasteiger partial charge in [-0.1, -0.05) is 12.1 Å². The maximum absolute atomic E-state index is 12.4. The minimum Gasteiger partial charge on any atom is -0.465 e. The third kappa shape index (κ3) is 4.63. The van der Waals surface area contributed by atoms with Gasteiger partial charge < -0.3 is 14.2 Å². The lowest BCUT2D eigenvalue weighted by Gasteiger charge is -2.18. The van der Waals surface area contributed by atoms with Gasteiger partial charge in [0.2, 0.25) is 0 Å². The molecule has 0 atom stereocenters. The molecule has 0 aliphatic carbocycles. The van der Waals surface area contributed by atoms with Crippen molar-refractivity contribution < 1.29 is 23.5 Å². The van der Waals surface area contributed by atoms with Crippen LogP contribution >= 0.6 is 7.60 Å². The van der Waals surface area contributed by atoms with Crippen LogP contribution in [0, 0.1) is 0 Å². The lowest BCUT2D eigenvalue weighted by atomic mass is 10.2. The Labute approximate surface area is 118 Å². The van der Waals surface area contributed by atoms with Gasteiger partial charge in [0.05, 0.1) is 19.4 Å². The number of anilines is 1. The Balaban J connectivity index is 2.83. The summed E-state index contributed by atoms with van der Waals surface area (Å²) < 4.78 is 22.8. The molecule has 0 spiro atoms. The quantitative estimate of drug-likeness (QED) is 0.779. The van der Waals surface area contributed by atoms with E-state index in [1.54, 1.807) is 38.1 Å². The summed E-state index contributed by atoms with van der Waals surface area (Å²) in [7, 11) is -1.67. The molecular weight excluding hydrogens is 281 g/mol. The van der Waals surface area contributed by atoms with Gasteiger partial charge >= 0.3 is 13.7 Å². The van der Waals surface area contributed by atoms with Crippen LogP contribution in [-0.2, 0) is 19.8 Å². The predicted octanol–water partition coefficient (Wildman–Crippen LogP) is 3.57. The van der Waals surface area contributed by atoms with Crippen molar-refractivity contribution >= 4 is 19.4 Å². The number of amides is 1. The fraction of sp³-hybridized carbons (Fsp3) is 0.462. The van der Waals surface area contributed by atoms with Crippen molar-refractivity contribution in [3.8, 4) is 0 Å². The average Bonchev–Trinajstić information content (AvgIpc) is 2.39. The molecule has 1 aromatic rings. The molecule has 0 heterocycles. The topological polar surface area (TPSA) is 76.1 Å². The molecule has 0 fully saturated rings. The Morgan fingerprint density at radius 3 is 2.10 bits per heavy atom.